The van der Waals surface area contributed by atoms with Crippen LogP contribution in [0.4, 0.5) is 4.79 Å². The summed E-state index contributed by atoms with van der Waals surface area (Å²) in [4.78, 5) is 11.2. The van der Waals surface area contributed by atoms with Crippen molar-refractivity contribution in [3.63, 3.8) is 0 Å². The Bertz CT molecular complexity index is 821. The first kappa shape index (κ1) is 19.7. The molecule has 0 spiro atoms. The zero-order valence-corrected chi connectivity index (χ0v) is 15.4. The molecule has 2 aromatic rings. The molecule has 2 amide bonds. The van der Waals surface area contributed by atoms with Crippen molar-refractivity contribution >= 4 is 11.7 Å². The van der Waals surface area contributed by atoms with Crippen LogP contribution in [0.25, 0.3) is 11.1 Å². The van der Waals surface area contributed by atoms with E-state index >= 15 is 0 Å². The molecule has 0 radical (unpaired) electrons. The number of nitrogens with one attached hydrogen (secondary N) is 1. The van der Waals surface area contributed by atoms with Gasteiger partial charge in [0, 0.05) is 37.2 Å². The number of aliphatic hydroxyl groups excluding tert-OH is 2. The molecule has 0 atom stereocenters. The summed E-state index contributed by atoms with van der Waals surface area (Å²) in [6.07, 6.45) is 1.08. The van der Waals surface area contributed by atoms with Gasteiger partial charge in [-0.15, -0.1) is 0 Å². The van der Waals surface area contributed by atoms with Gasteiger partial charge < -0.3 is 25.4 Å². The molecule has 0 aliphatic heterocycles. The highest BCUT2D eigenvalue weighted by Gasteiger charge is 2.26. The van der Waals surface area contributed by atoms with E-state index in [2.05, 4.69) is 10.5 Å². The number of carbonyl (C=O) groups excluding carboxylic acids is 1. The quantitative estimate of drug-likeness (QED) is 0.329. The Morgan fingerprint density at radius 1 is 0.893 bits per heavy atom. The number of rotatable bonds is 9. The van der Waals surface area contributed by atoms with Crippen LogP contribution in [0.2, 0.25) is 0 Å². The predicted octanol–water partition coefficient (Wildman–Crippen LogP) is 1.61. The molecule has 0 saturated carbocycles. The number of amides is 2. The molecule has 5 N–H and O–H groups in total. The number of nitrogens with zero attached hydrogens (tertiary/aromatic N) is 1. The van der Waals surface area contributed by atoms with E-state index < -0.39 is 6.03 Å². The van der Waals surface area contributed by atoms with E-state index in [1.807, 2.05) is 36.4 Å². The third kappa shape index (κ3) is 4.41. The van der Waals surface area contributed by atoms with Crippen molar-refractivity contribution in [2.45, 2.75) is 12.8 Å². The molecular formula is C20H23N3O5. The summed E-state index contributed by atoms with van der Waals surface area (Å²) < 4.78 is 11.3. The molecule has 2 aromatic carbocycles. The summed E-state index contributed by atoms with van der Waals surface area (Å²) in [5.74, 6) is 1.29. The van der Waals surface area contributed by atoms with Gasteiger partial charge in [0.25, 0.3) is 0 Å². The second kappa shape index (κ2) is 9.20. The fraction of sp³-hybridized carbons (Fsp3) is 0.300. The first-order chi connectivity index (χ1) is 13.6. The smallest absolute Gasteiger partial charge is 0.332 e. The van der Waals surface area contributed by atoms with Gasteiger partial charge in [-0.1, -0.05) is 0 Å². The van der Waals surface area contributed by atoms with Crippen LogP contribution < -0.4 is 20.6 Å². The van der Waals surface area contributed by atoms with Crippen LogP contribution in [0.1, 0.15) is 24.0 Å². The number of fused-ring (bicyclic) bond motifs is 3. The number of urea groups is 1. The minimum atomic E-state index is -0.756. The van der Waals surface area contributed by atoms with Crippen molar-refractivity contribution in [1.82, 2.24) is 5.43 Å². The lowest BCUT2D eigenvalue weighted by molar-refractivity contribution is 0.233. The van der Waals surface area contributed by atoms with E-state index in [0.717, 1.165) is 22.3 Å². The number of ether oxygens (including phenoxy) is 2. The molecule has 0 bridgehead atoms. The second-order valence-electron chi connectivity index (χ2n) is 6.20. The van der Waals surface area contributed by atoms with Crippen molar-refractivity contribution in [3.8, 4) is 22.6 Å². The van der Waals surface area contributed by atoms with Gasteiger partial charge in [-0.2, -0.15) is 5.10 Å². The maximum Gasteiger partial charge on any atom is 0.332 e. The van der Waals surface area contributed by atoms with Gasteiger partial charge in [0.2, 0.25) is 0 Å². The van der Waals surface area contributed by atoms with Gasteiger partial charge >= 0.3 is 6.03 Å². The Balaban J connectivity index is 1.95. The van der Waals surface area contributed by atoms with Crippen LogP contribution in [0.15, 0.2) is 41.5 Å². The van der Waals surface area contributed by atoms with Crippen LogP contribution in [0.5, 0.6) is 11.5 Å². The van der Waals surface area contributed by atoms with E-state index in [9.17, 15) is 4.79 Å². The average Bonchev–Trinajstić information content (AvgIpc) is 2.99. The van der Waals surface area contributed by atoms with E-state index in [0.29, 0.717) is 43.3 Å². The van der Waals surface area contributed by atoms with Crippen molar-refractivity contribution in [2.75, 3.05) is 26.4 Å². The van der Waals surface area contributed by atoms with Gasteiger partial charge in [-0.05, 0) is 47.5 Å². The van der Waals surface area contributed by atoms with Crippen molar-refractivity contribution in [3.05, 3.63) is 47.5 Å². The molecule has 0 heterocycles. The summed E-state index contributed by atoms with van der Waals surface area (Å²) in [6.45, 7) is 0.920. The largest absolute Gasteiger partial charge is 0.493 e. The Morgan fingerprint density at radius 3 is 1.82 bits per heavy atom. The third-order valence-electron chi connectivity index (χ3n) is 4.20. The number of aliphatic hydroxyl groups is 2. The second-order valence-corrected chi connectivity index (χ2v) is 6.20. The molecule has 8 heteroatoms. The van der Waals surface area contributed by atoms with E-state index in [4.69, 9.17) is 25.4 Å². The van der Waals surface area contributed by atoms with Crippen LogP contribution in [-0.4, -0.2) is 48.4 Å². The average molecular weight is 385 g/mol. The topological polar surface area (TPSA) is 126 Å². The van der Waals surface area contributed by atoms with Crippen LogP contribution in [-0.2, 0) is 0 Å². The number of hydrogen-bond donors (Lipinski definition) is 4. The fourth-order valence-corrected chi connectivity index (χ4v) is 2.97. The molecule has 0 aromatic heterocycles. The van der Waals surface area contributed by atoms with Gasteiger partial charge in [0.05, 0.1) is 18.9 Å². The summed E-state index contributed by atoms with van der Waals surface area (Å²) in [6, 6.07) is 10.5. The molecular weight excluding hydrogens is 362 g/mol. The maximum atomic E-state index is 11.2. The van der Waals surface area contributed by atoms with E-state index in [1.54, 1.807) is 0 Å². The normalized spacial score (nSPS) is 11.6. The van der Waals surface area contributed by atoms with Crippen molar-refractivity contribution in [2.24, 2.45) is 10.8 Å². The van der Waals surface area contributed by atoms with Gasteiger partial charge in [0.1, 0.15) is 11.5 Å². The van der Waals surface area contributed by atoms with E-state index in [-0.39, 0.29) is 13.2 Å². The first-order valence-corrected chi connectivity index (χ1v) is 9.03. The number of primary amides is 1. The SMILES string of the molecule is NC(=O)NN=C1c2cc(OCCCO)ccc2-c2ccc(OCCCO)cc21. The highest BCUT2D eigenvalue weighted by molar-refractivity contribution is 6.25. The van der Waals surface area contributed by atoms with Crippen LogP contribution >= 0.6 is 0 Å². The number of benzene rings is 2. The standard InChI is InChI=1S/C20H23N3O5/c21-20(26)23-22-19-17-11-13(27-9-1-7-24)3-5-15(17)16-6-4-14(12-18(16)19)28-10-2-8-25/h3-6,11-12,24-25H,1-2,7-10H2,(H3,21,23,26). The Labute approximate surface area is 162 Å². The minimum Gasteiger partial charge on any atom is -0.493 e. The summed E-state index contributed by atoms with van der Waals surface area (Å²) in [5, 5.41) is 22.0. The molecule has 3 rings (SSSR count). The fourth-order valence-electron chi connectivity index (χ4n) is 2.97. The van der Waals surface area contributed by atoms with Crippen LogP contribution in [0.3, 0.4) is 0 Å². The molecule has 1 aliphatic rings. The Hall–Kier alpha value is -3.10. The monoisotopic (exact) mass is 385 g/mol. The first-order valence-electron chi connectivity index (χ1n) is 9.03. The van der Waals surface area contributed by atoms with Gasteiger partial charge in [-0.3, -0.25) is 0 Å². The molecule has 8 nitrogen and oxygen atoms in total. The highest BCUT2D eigenvalue weighted by Crippen LogP contribution is 2.40. The minimum absolute atomic E-state index is 0.0602. The number of nitrogens with two attached hydrogens (primary N) is 1. The molecule has 0 saturated heterocycles. The van der Waals surface area contributed by atoms with Gasteiger partial charge in [0.15, 0.2) is 0 Å². The summed E-state index contributed by atoms with van der Waals surface area (Å²) in [7, 11) is 0. The number of hydrogen-bond acceptors (Lipinski definition) is 6. The molecule has 0 fully saturated rings. The molecule has 1 aliphatic carbocycles. The van der Waals surface area contributed by atoms with E-state index in [1.165, 1.54) is 0 Å². The molecule has 28 heavy (non-hydrogen) atoms. The number of carbonyl (C=O) groups is 1. The lowest BCUT2D eigenvalue weighted by Gasteiger charge is -2.08. The summed E-state index contributed by atoms with van der Waals surface area (Å²) in [5.41, 5.74) is 11.5. The zero-order chi connectivity index (χ0) is 19.9. The lowest BCUT2D eigenvalue weighted by atomic mass is 10.1. The predicted molar refractivity (Wildman–Crippen MR) is 105 cm³/mol. The Kier molecular flexibility index (Phi) is 6.46. The molecule has 0 unspecified atom stereocenters. The highest BCUT2D eigenvalue weighted by atomic mass is 16.5. The molecule has 148 valence electrons. The van der Waals surface area contributed by atoms with Crippen molar-refractivity contribution < 1.29 is 24.5 Å². The third-order valence-corrected chi connectivity index (χ3v) is 4.20. The van der Waals surface area contributed by atoms with Crippen molar-refractivity contribution in [1.29, 1.82) is 0 Å². The summed E-state index contributed by atoms with van der Waals surface area (Å²) >= 11 is 0. The lowest BCUT2D eigenvalue weighted by Crippen LogP contribution is -2.25. The zero-order valence-electron chi connectivity index (χ0n) is 15.4. The maximum absolute atomic E-state index is 11.2. The Morgan fingerprint density at radius 2 is 1.39 bits per heavy atom. The van der Waals surface area contributed by atoms with Gasteiger partial charge in [-0.25, -0.2) is 10.2 Å². The number of hydrazone groups is 1. The van der Waals surface area contributed by atoms with Crippen LogP contribution in [0, 0.1) is 0 Å².